The van der Waals surface area contributed by atoms with Gasteiger partial charge in [0, 0.05) is 19.5 Å². The summed E-state index contributed by atoms with van der Waals surface area (Å²) in [4.78, 5) is 3.86. The lowest BCUT2D eigenvalue weighted by atomic mass is 9.95. The van der Waals surface area contributed by atoms with Gasteiger partial charge in [-0.05, 0) is 6.72 Å². The molecule has 0 aromatic heterocycles. The molecule has 0 heterocycles. The predicted molar refractivity (Wildman–Crippen MR) is 50.1 cm³/mol. The summed E-state index contributed by atoms with van der Waals surface area (Å²) in [5, 5.41) is 5.92. The first-order valence-corrected chi connectivity index (χ1v) is 3.61. The number of aliphatic imine (C=N–C) groups is 1. The zero-order valence-corrected chi connectivity index (χ0v) is 8.05. The van der Waals surface area contributed by atoms with Crippen LogP contribution < -0.4 is 0 Å². The lowest BCUT2D eigenvalue weighted by Crippen LogP contribution is -2.21. The van der Waals surface area contributed by atoms with E-state index in [1.54, 1.807) is 5.01 Å². The highest BCUT2D eigenvalue weighted by molar-refractivity contribution is 5.90. The SMILES string of the molecule is C=N/C(=N\N(C)C)C(C)(C)C. The maximum absolute atomic E-state index is 4.19. The van der Waals surface area contributed by atoms with Gasteiger partial charge in [-0.3, -0.25) is 0 Å². The molecule has 0 aliphatic rings. The summed E-state index contributed by atoms with van der Waals surface area (Å²) in [6.45, 7) is 9.65. The number of hydrogen-bond donors (Lipinski definition) is 0. The topological polar surface area (TPSA) is 28.0 Å². The van der Waals surface area contributed by atoms with E-state index in [1.807, 2.05) is 14.1 Å². The summed E-state index contributed by atoms with van der Waals surface area (Å²) in [6, 6.07) is 0. The first kappa shape index (κ1) is 10.1. The summed E-state index contributed by atoms with van der Waals surface area (Å²) in [6.07, 6.45) is 0. The van der Waals surface area contributed by atoms with Crippen molar-refractivity contribution in [3.8, 4) is 0 Å². The summed E-state index contributed by atoms with van der Waals surface area (Å²) >= 11 is 0. The molecule has 0 aliphatic heterocycles. The Bertz CT molecular complexity index is 163. The van der Waals surface area contributed by atoms with Gasteiger partial charge in [0.1, 0.15) is 0 Å². The molecule has 0 aromatic carbocycles. The highest BCUT2D eigenvalue weighted by atomic mass is 15.4. The highest BCUT2D eigenvalue weighted by Gasteiger charge is 2.17. The van der Waals surface area contributed by atoms with Gasteiger partial charge in [-0.15, -0.1) is 0 Å². The number of hydrazone groups is 1. The van der Waals surface area contributed by atoms with Crippen molar-refractivity contribution in [2.45, 2.75) is 20.8 Å². The first-order chi connectivity index (χ1) is 4.88. The molecule has 3 nitrogen and oxygen atoms in total. The van der Waals surface area contributed by atoms with Crippen molar-refractivity contribution in [2.24, 2.45) is 15.5 Å². The third-order valence-corrected chi connectivity index (χ3v) is 1.12. The van der Waals surface area contributed by atoms with Crippen LogP contribution >= 0.6 is 0 Å². The zero-order chi connectivity index (χ0) is 9.07. The molecule has 0 atom stereocenters. The van der Waals surface area contributed by atoms with Crippen LogP contribution in [0.1, 0.15) is 20.8 Å². The monoisotopic (exact) mass is 155 g/mol. The number of hydrogen-bond acceptors (Lipinski definition) is 2. The molecular formula is C8H17N3. The van der Waals surface area contributed by atoms with Gasteiger partial charge in [-0.1, -0.05) is 20.8 Å². The van der Waals surface area contributed by atoms with Gasteiger partial charge in [0.25, 0.3) is 0 Å². The van der Waals surface area contributed by atoms with Crippen molar-refractivity contribution >= 4 is 12.6 Å². The fraction of sp³-hybridized carbons (Fsp3) is 0.750. The van der Waals surface area contributed by atoms with Gasteiger partial charge < -0.3 is 5.01 Å². The van der Waals surface area contributed by atoms with Crippen LogP contribution in [0.15, 0.2) is 10.1 Å². The highest BCUT2D eigenvalue weighted by Crippen LogP contribution is 2.16. The van der Waals surface area contributed by atoms with Gasteiger partial charge in [-0.2, -0.15) is 5.10 Å². The molecule has 0 unspecified atom stereocenters. The van der Waals surface area contributed by atoms with Crippen LogP contribution in [0.4, 0.5) is 0 Å². The average molecular weight is 155 g/mol. The van der Waals surface area contributed by atoms with Crippen molar-refractivity contribution in [1.29, 1.82) is 0 Å². The van der Waals surface area contributed by atoms with E-state index in [0.717, 1.165) is 5.84 Å². The van der Waals surface area contributed by atoms with Crippen molar-refractivity contribution in [3.05, 3.63) is 0 Å². The first-order valence-electron chi connectivity index (χ1n) is 3.61. The molecule has 0 saturated carbocycles. The van der Waals surface area contributed by atoms with Crippen molar-refractivity contribution in [2.75, 3.05) is 14.1 Å². The Morgan fingerprint density at radius 1 is 1.27 bits per heavy atom. The molecule has 0 spiro atoms. The average Bonchev–Trinajstić information content (AvgIpc) is 1.79. The summed E-state index contributed by atoms with van der Waals surface area (Å²) in [5.74, 6) is 0.766. The zero-order valence-electron chi connectivity index (χ0n) is 8.05. The van der Waals surface area contributed by atoms with Gasteiger partial charge in [0.2, 0.25) is 0 Å². The molecule has 64 valence electrons. The number of nitrogens with zero attached hydrogens (tertiary/aromatic N) is 3. The predicted octanol–water partition coefficient (Wildman–Crippen LogP) is 1.61. The summed E-state index contributed by atoms with van der Waals surface area (Å²) in [5.41, 5.74) is -0.0218. The van der Waals surface area contributed by atoms with Crippen molar-refractivity contribution in [3.63, 3.8) is 0 Å². The van der Waals surface area contributed by atoms with Crippen molar-refractivity contribution < 1.29 is 0 Å². The van der Waals surface area contributed by atoms with E-state index in [4.69, 9.17) is 0 Å². The van der Waals surface area contributed by atoms with Gasteiger partial charge in [0.05, 0.1) is 0 Å². The molecule has 0 bridgehead atoms. The van der Waals surface area contributed by atoms with Gasteiger partial charge in [-0.25, -0.2) is 4.99 Å². The molecule has 3 heteroatoms. The standard InChI is InChI=1S/C8H17N3/c1-8(2,3)7(9-4)10-11(5)6/h4H2,1-3,5-6H3/b10-7-. The van der Waals surface area contributed by atoms with Gasteiger partial charge in [0.15, 0.2) is 5.84 Å². The Balaban J connectivity index is 4.54. The molecule has 0 fully saturated rings. The Hall–Kier alpha value is -0.860. The van der Waals surface area contributed by atoms with E-state index < -0.39 is 0 Å². The lowest BCUT2D eigenvalue weighted by molar-refractivity contribution is 0.423. The van der Waals surface area contributed by atoms with Crippen LogP contribution in [-0.2, 0) is 0 Å². The van der Waals surface area contributed by atoms with Crippen molar-refractivity contribution in [1.82, 2.24) is 5.01 Å². The number of rotatable bonds is 1. The molecule has 11 heavy (non-hydrogen) atoms. The van der Waals surface area contributed by atoms with Crippen LogP contribution in [-0.4, -0.2) is 31.7 Å². The fourth-order valence-corrected chi connectivity index (χ4v) is 0.608. The second-order valence-electron chi connectivity index (χ2n) is 3.68. The molecule has 0 radical (unpaired) electrons. The van der Waals surface area contributed by atoms with Crippen LogP contribution in [0.25, 0.3) is 0 Å². The number of amidine groups is 1. The Morgan fingerprint density at radius 3 is 1.82 bits per heavy atom. The summed E-state index contributed by atoms with van der Waals surface area (Å²) < 4.78 is 0. The summed E-state index contributed by atoms with van der Waals surface area (Å²) in [7, 11) is 3.74. The quantitative estimate of drug-likeness (QED) is 0.321. The molecule has 0 saturated heterocycles. The minimum Gasteiger partial charge on any atom is -0.301 e. The van der Waals surface area contributed by atoms with Crippen LogP contribution in [0.5, 0.6) is 0 Å². The van der Waals surface area contributed by atoms with E-state index >= 15 is 0 Å². The van der Waals surface area contributed by atoms with Crippen LogP contribution in [0.3, 0.4) is 0 Å². The van der Waals surface area contributed by atoms with Crippen LogP contribution in [0, 0.1) is 5.41 Å². The third-order valence-electron chi connectivity index (χ3n) is 1.12. The van der Waals surface area contributed by atoms with Gasteiger partial charge >= 0.3 is 0 Å². The Morgan fingerprint density at radius 2 is 1.73 bits per heavy atom. The van der Waals surface area contributed by atoms with E-state index in [0.29, 0.717) is 0 Å². The smallest absolute Gasteiger partial charge is 0.152 e. The fourth-order valence-electron chi connectivity index (χ4n) is 0.608. The molecule has 0 rings (SSSR count). The maximum Gasteiger partial charge on any atom is 0.152 e. The van der Waals surface area contributed by atoms with E-state index in [9.17, 15) is 0 Å². The molecule has 0 aromatic rings. The Labute approximate surface area is 68.8 Å². The second kappa shape index (κ2) is 3.51. The lowest BCUT2D eigenvalue weighted by Gasteiger charge is -2.18. The van der Waals surface area contributed by atoms with E-state index in [2.05, 4.69) is 37.6 Å². The van der Waals surface area contributed by atoms with E-state index in [1.165, 1.54) is 0 Å². The third kappa shape index (κ3) is 3.75. The molecule has 0 N–H and O–H groups in total. The minimum absolute atomic E-state index is 0.0218. The normalized spacial score (nSPS) is 13.0. The molecule has 0 amide bonds. The molecular weight excluding hydrogens is 138 g/mol. The maximum atomic E-state index is 4.19. The second-order valence-corrected chi connectivity index (χ2v) is 3.68. The Kier molecular flexibility index (Phi) is 3.23. The van der Waals surface area contributed by atoms with E-state index in [-0.39, 0.29) is 5.41 Å². The largest absolute Gasteiger partial charge is 0.301 e. The van der Waals surface area contributed by atoms with Crippen LogP contribution in [0.2, 0.25) is 0 Å². The molecule has 0 aliphatic carbocycles. The minimum atomic E-state index is -0.0218.